The summed E-state index contributed by atoms with van der Waals surface area (Å²) < 4.78 is 31.8. The van der Waals surface area contributed by atoms with E-state index in [4.69, 9.17) is 23.4 Å². The predicted octanol–water partition coefficient (Wildman–Crippen LogP) is 3.59. The van der Waals surface area contributed by atoms with Gasteiger partial charge in [0.25, 0.3) is 0 Å². The molecular weight excluding hydrogens is 620 g/mol. The molecule has 7 fully saturated rings. The van der Waals surface area contributed by atoms with Crippen LogP contribution in [0.1, 0.15) is 103 Å². The van der Waals surface area contributed by atoms with Crippen molar-refractivity contribution in [3.05, 3.63) is 23.7 Å². The van der Waals surface area contributed by atoms with Gasteiger partial charge in [0.15, 0.2) is 11.9 Å². The molecule has 3 spiro atoms. The Morgan fingerprint density at radius 2 is 1.75 bits per heavy atom. The van der Waals surface area contributed by atoms with E-state index >= 15 is 0 Å². The number of rotatable bonds is 7. The van der Waals surface area contributed by atoms with Crippen LogP contribution in [0.25, 0.3) is 0 Å². The van der Waals surface area contributed by atoms with Crippen molar-refractivity contribution in [2.24, 2.45) is 39.4 Å². The lowest BCUT2D eigenvalue weighted by Gasteiger charge is -2.67. The van der Waals surface area contributed by atoms with Gasteiger partial charge in [0.05, 0.1) is 42.0 Å². The third-order valence-electron chi connectivity index (χ3n) is 14.6. The van der Waals surface area contributed by atoms with Crippen LogP contribution < -0.4 is 0 Å². The maximum atomic E-state index is 14.8. The second-order valence-electron chi connectivity index (χ2n) is 17.0. The van der Waals surface area contributed by atoms with Crippen LogP contribution in [0.5, 0.6) is 0 Å². The number of carbonyl (C=O) groups is 3. The molecule has 12 atom stereocenters. The average Bonchev–Trinajstić information content (AvgIpc) is 3.30. The Balaban J connectivity index is 1.25. The fourth-order valence-corrected chi connectivity index (χ4v) is 12.7. The molecule has 3 aliphatic carbocycles. The highest BCUT2D eigenvalue weighted by Gasteiger charge is 2.91. The average molecular weight is 671 g/mol. The summed E-state index contributed by atoms with van der Waals surface area (Å²) in [5, 5.41) is 32.7. The topological polar surface area (TPSA) is 165 Å². The van der Waals surface area contributed by atoms with E-state index in [1.807, 2.05) is 34.6 Å². The fraction of sp³-hybridized carbons (Fsp3) is 0.811. The second-order valence-corrected chi connectivity index (χ2v) is 17.0. The van der Waals surface area contributed by atoms with Gasteiger partial charge in [-0.1, -0.05) is 40.0 Å². The van der Waals surface area contributed by atoms with E-state index in [1.54, 1.807) is 12.3 Å². The molecular formula is C37H50O11. The Labute approximate surface area is 281 Å². The first kappa shape index (κ1) is 32.9. The van der Waals surface area contributed by atoms with Gasteiger partial charge in [-0.15, -0.1) is 0 Å². The summed E-state index contributed by atoms with van der Waals surface area (Å²) in [6.07, 6.45) is 2.76. The lowest BCUT2D eigenvalue weighted by molar-refractivity contribution is -0.264. The molecule has 4 saturated heterocycles. The molecule has 8 rings (SSSR count). The zero-order chi connectivity index (χ0) is 34.2. The summed E-state index contributed by atoms with van der Waals surface area (Å²) in [5.41, 5.74) is -5.38. The van der Waals surface area contributed by atoms with E-state index < -0.39 is 75.3 Å². The molecule has 4 aliphatic heterocycles. The van der Waals surface area contributed by atoms with Crippen molar-refractivity contribution in [2.75, 3.05) is 13.2 Å². The largest absolute Gasteiger partial charge is 0.469 e. The third-order valence-corrected chi connectivity index (χ3v) is 14.6. The van der Waals surface area contributed by atoms with Gasteiger partial charge < -0.3 is 38.7 Å². The molecule has 7 aliphatic rings. The monoisotopic (exact) mass is 670 g/mol. The van der Waals surface area contributed by atoms with Gasteiger partial charge >= 0.3 is 11.9 Å². The molecule has 0 aromatic carbocycles. The van der Waals surface area contributed by atoms with Gasteiger partial charge in [0.2, 0.25) is 0 Å². The van der Waals surface area contributed by atoms with E-state index in [0.717, 1.165) is 19.3 Å². The first-order chi connectivity index (χ1) is 22.7. The SMILES string of the molecule is CCC[C@H](Cc1occc1[C@H]1OC(=O)[C@H]2O[C@@]23[C@]2(C)[C@H](O)C(=O)[C@H]4C(C)(C)O[C@H]5C6(CCCC6)C(=O)OC[C@]45[C@@H]2CC[C@]13C)[C@H](O)CO. The number of hydrogen-bond acceptors (Lipinski definition) is 11. The van der Waals surface area contributed by atoms with Crippen molar-refractivity contribution in [1.82, 2.24) is 0 Å². The summed E-state index contributed by atoms with van der Waals surface area (Å²) in [7, 11) is 0. The maximum Gasteiger partial charge on any atom is 0.339 e. The predicted molar refractivity (Wildman–Crippen MR) is 167 cm³/mol. The Kier molecular flexibility index (Phi) is 7.10. The van der Waals surface area contributed by atoms with Gasteiger partial charge in [-0.25, -0.2) is 4.79 Å². The summed E-state index contributed by atoms with van der Waals surface area (Å²) >= 11 is 0. The van der Waals surface area contributed by atoms with Crippen LogP contribution in [-0.2, 0) is 39.8 Å². The van der Waals surface area contributed by atoms with Crippen molar-refractivity contribution in [3.63, 3.8) is 0 Å². The minimum absolute atomic E-state index is 0.0221. The number of Topliss-reactive ketones (excluding diaryl/α,β-unsaturated/α-hetero) is 1. The number of esters is 2. The second kappa shape index (κ2) is 10.4. The molecule has 0 amide bonds. The molecule has 3 saturated carbocycles. The molecule has 264 valence electrons. The number of carbonyl (C=O) groups excluding carboxylic acids is 3. The van der Waals surface area contributed by atoms with Crippen LogP contribution in [-0.4, -0.2) is 81.9 Å². The lowest BCUT2D eigenvalue weighted by Crippen LogP contribution is -2.77. The number of aliphatic hydroxyl groups is 3. The molecule has 0 unspecified atom stereocenters. The zero-order valence-corrected chi connectivity index (χ0v) is 28.7. The fourth-order valence-electron chi connectivity index (χ4n) is 12.7. The number of epoxide rings is 1. The number of aliphatic hydroxyl groups excluding tert-OH is 3. The molecule has 1 aromatic heterocycles. The Bertz CT molecular complexity index is 1530. The van der Waals surface area contributed by atoms with Crippen LogP contribution in [0.4, 0.5) is 0 Å². The molecule has 48 heavy (non-hydrogen) atoms. The van der Waals surface area contributed by atoms with Crippen LogP contribution in [0, 0.1) is 39.4 Å². The Morgan fingerprint density at radius 3 is 2.44 bits per heavy atom. The van der Waals surface area contributed by atoms with Gasteiger partial charge in [0.1, 0.15) is 30.2 Å². The normalized spacial score (nSPS) is 46.0. The van der Waals surface area contributed by atoms with Crippen molar-refractivity contribution in [2.45, 2.75) is 134 Å². The minimum atomic E-state index is -1.45. The summed E-state index contributed by atoms with van der Waals surface area (Å²) in [6.45, 7) is 9.39. The minimum Gasteiger partial charge on any atom is -0.469 e. The van der Waals surface area contributed by atoms with Crippen molar-refractivity contribution >= 4 is 17.7 Å². The smallest absolute Gasteiger partial charge is 0.339 e. The molecule has 5 heterocycles. The van der Waals surface area contributed by atoms with E-state index in [1.165, 1.54) is 0 Å². The van der Waals surface area contributed by atoms with Crippen LogP contribution in [0.2, 0.25) is 0 Å². The van der Waals surface area contributed by atoms with Crippen molar-refractivity contribution in [3.8, 4) is 0 Å². The van der Waals surface area contributed by atoms with E-state index in [9.17, 15) is 29.7 Å². The standard InChI is InChI=1S/C37H50O11/c1-6-9-19(21(39)17-38)16-22-20(11-15-44-22)27-33(4)14-10-23-34(5,37(33)28(47-37)29(42)46-27)26(41)24(40)25-32(2,3)48-30-35(12-7-8-13-35)31(43)45-18-36(23,25)30/h11,15,19,21,23,25-28,30,38-39,41H,6-10,12-14,16-18H2,1-5H3/t19-,21-,23-,25+,26-,27-,28-,30+,33-,34+,36+,37+/m1/s1. The van der Waals surface area contributed by atoms with Gasteiger partial charge in [-0.05, 0) is 63.9 Å². The summed E-state index contributed by atoms with van der Waals surface area (Å²) in [6, 6.07) is 1.79. The summed E-state index contributed by atoms with van der Waals surface area (Å²) in [5.74, 6) is -1.91. The van der Waals surface area contributed by atoms with Crippen LogP contribution in [0.15, 0.2) is 16.7 Å². The Hall–Kier alpha value is -2.31. The number of furan rings is 1. The highest BCUT2D eigenvalue weighted by molar-refractivity contribution is 5.92. The van der Waals surface area contributed by atoms with Crippen LogP contribution >= 0.6 is 0 Å². The molecule has 11 nitrogen and oxygen atoms in total. The highest BCUT2D eigenvalue weighted by atomic mass is 16.7. The number of hydrogen-bond donors (Lipinski definition) is 3. The first-order valence-electron chi connectivity index (χ1n) is 18.0. The van der Waals surface area contributed by atoms with Gasteiger partial charge in [-0.3, -0.25) is 9.59 Å². The molecule has 11 heteroatoms. The molecule has 0 bridgehead atoms. The highest BCUT2D eigenvalue weighted by Crippen LogP contribution is 2.81. The number of ether oxygens (including phenoxy) is 4. The van der Waals surface area contributed by atoms with Gasteiger partial charge in [0, 0.05) is 28.2 Å². The number of cyclic esters (lactones) is 2. The van der Waals surface area contributed by atoms with Crippen LogP contribution in [0.3, 0.4) is 0 Å². The number of fused-ring (bicyclic) bond motifs is 2. The zero-order valence-electron chi connectivity index (χ0n) is 28.7. The van der Waals surface area contributed by atoms with Crippen molar-refractivity contribution < 1.29 is 53.1 Å². The summed E-state index contributed by atoms with van der Waals surface area (Å²) in [4.78, 5) is 42.3. The van der Waals surface area contributed by atoms with E-state index in [0.29, 0.717) is 49.8 Å². The quantitative estimate of drug-likeness (QED) is 0.287. The molecule has 0 radical (unpaired) electrons. The Morgan fingerprint density at radius 1 is 1.02 bits per heavy atom. The van der Waals surface area contributed by atoms with E-state index in [-0.39, 0.29) is 36.8 Å². The lowest BCUT2D eigenvalue weighted by atomic mass is 9.35. The molecule has 3 N–H and O–H groups in total. The molecule has 1 aromatic rings. The maximum absolute atomic E-state index is 14.8. The van der Waals surface area contributed by atoms with Crippen molar-refractivity contribution in [1.29, 1.82) is 0 Å². The number of ketones is 1. The van der Waals surface area contributed by atoms with Gasteiger partial charge in [-0.2, -0.15) is 0 Å². The third kappa shape index (κ3) is 3.65. The first-order valence-corrected chi connectivity index (χ1v) is 18.0. The van der Waals surface area contributed by atoms with E-state index in [2.05, 4.69) is 0 Å².